The van der Waals surface area contributed by atoms with E-state index in [0.717, 1.165) is 24.5 Å². The molecular weight excluding hydrogens is 300 g/mol. The molecule has 8 nitrogen and oxygen atoms in total. The summed E-state index contributed by atoms with van der Waals surface area (Å²) in [4.78, 5) is 20.9. The van der Waals surface area contributed by atoms with Crippen LogP contribution in [0.5, 0.6) is 0 Å². The molecule has 2 N–H and O–H groups in total. The minimum Gasteiger partial charge on any atom is -0.480 e. The topological polar surface area (TPSA) is 127 Å². The summed E-state index contributed by atoms with van der Waals surface area (Å²) in [6.07, 6.45) is 5.77. The third-order valence-electron chi connectivity index (χ3n) is 2.54. The van der Waals surface area contributed by atoms with Gasteiger partial charge in [-0.1, -0.05) is 0 Å². The second-order valence-electron chi connectivity index (χ2n) is 4.15. The lowest BCUT2D eigenvalue weighted by molar-refractivity contribution is -0.384. The van der Waals surface area contributed by atoms with Crippen molar-refractivity contribution in [2.45, 2.75) is 17.4 Å². The number of carboxylic acid groups (broad SMARTS) is 1. The van der Waals surface area contributed by atoms with E-state index in [1.807, 2.05) is 0 Å². The Bertz CT molecular complexity index is 720. The molecule has 1 unspecified atom stereocenters. The van der Waals surface area contributed by atoms with E-state index in [4.69, 9.17) is 11.5 Å². The van der Waals surface area contributed by atoms with Crippen molar-refractivity contribution in [1.82, 2.24) is 0 Å². The van der Waals surface area contributed by atoms with Crippen LogP contribution in [-0.2, 0) is 14.6 Å². The fraction of sp³-hybridized carbons (Fsp3) is 0.250. The highest BCUT2D eigenvalue weighted by Gasteiger charge is 2.23. The third kappa shape index (κ3) is 4.19. The molecule has 1 aromatic carbocycles. The Labute approximate surface area is 120 Å². The number of carbonyl (C=O) groups is 1. The summed E-state index contributed by atoms with van der Waals surface area (Å²) in [5.74, 6) is 0.876. The molecule has 0 amide bonds. The average molecular weight is 312 g/mol. The van der Waals surface area contributed by atoms with Crippen LogP contribution in [0, 0.1) is 22.5 Å². The van der Waals surface area contributed by atoms with E-state index >= 15 is 0 Å². The molecule has 0 heterocycles. The van der Waals surface area contributed by atoms with Crippen LogP contribution in [-0.4, -0.2) is 36.7 Å². The first kappa shape index (κ1) is 16.5. The highest BCUT2D eigenvalue weighted by molar-refractivity contribution is 7.90. The molecule has 1 aromatic rings. The first-order valence-corrected chi connectivity index (χ1v) is 7.47. The molecule has 0 aromatic heterocycles. The maximum absolute atomic E-state index is 11.4. The van der Waals surface area contributed by atoms with E-state index in [9.17, 15) is 23.3 Å². The van der Waals surface area contributed by atoms with Crippen LogP contribution >= 0.6 is 0 Å². The van der Waals surface area contributed by atoms with Gasteiger partial charge < -0.3 is 10.4 Å². The molecule has 0 fully saturated rings. The van der Waals surface area contributed by atoms with Gasteiger partial charge >= 0.3 is 5.97 Å². The lowest BCUT2D eigenvalue weighted by atomic mass is 10.2. The fourth-order valence-corrected chi connectivity index (χ4v) is 2.16. The molecule has 0 spiro atoms. The van der Waals surface area contributed by atoms with Gasteiger partial charge in [0.15, 0.2) is 9.84 Å². The minimum absolute atomic E-state index is 0.116. The molecular formula is C12H12N2O6S. The molecule has 0 aliphatic carbocycles. The number of terminal acetylenes is 1. The maximum atomic E-state index is 11.4. The van der Waals surface area contributed by atoms with Crippen molar-refractivity contribution in [3.8, 4) is 12.3 Å². The summed E-state index contributed by atoms with van der Waals surface area (Å²) in [6.45, 7) is 0. The van der Waals surface area contributed by atoms with Gasteiger partial charge in [0.2, 0.25) is 0 Å². The molecule has 0 saturated heterocycles. The number of anilines is 1. The number of sulfone groups is 1. The predicted molar refractivity (Wildman–Crippen MR) is 74.7 cm³/mol. The molecule has 21 heavy (non-hydrogen) atoms. The minimum atomic E-state index is -3.61. The zero-order valence-electron chi connectivity index (χ0n) is 10.9. The lowest BCUT2D eigenvalue weighted by Gasteiger charge is -2.13. The standard InChI is InChI=1S/C12H12N2O6S/c1-3-4-10(12(15)16)13-9-6-5-8(21(2,19)20)7-11(9)14(17)18/h1,5-7,10,13H,4H2,2H3,(H,15,16). The van der Waals surface area contributed by atoms with Crippen molar-refractivity contribution in [2.75, 3.05) is 11.6 Å². The number of nitro groups is 1. The number of nitro benzene ring substituents is 1. The fourth-order valence-electron chi connectivity index (χ4n) is 1.52. The summed E-state index contributed by atoms with van der Waals surface area (Å²) >= 11 is 0. The van der Waals surface area contributed by atoms with Crippen LogP contribution < -0.4 is 5.32 Å². The number of aliphatic carboxylic acids is 1. The Kier molecular flexibility index (Phi) is 4.88. The first-order chi connectivity index (χ1) is 9.66. The summed E-state index contributed by atoms with van der Waals surface area (Å²) < 4.78 is 22.8. The normalized spacial score (nSPS) is 12.2. The lowest BCUT2D eigenvalue weighted by Crippen LogP contribution is -2.29. The molecule has 0 bridgehead atoms. The van der Waals surface area contributed by atoms with Crippen LogP contribution in [0.2, 0.25) is 0 Å². The molecule has 0 aliphatic heterocycles. The van der Waals surface area contributed by atoms with Crippen molar-refractivity contribution in [3.63, 3.8) is 0 Å². The highest BCUT2D eigenvalue weighted by Crippen LogP contribution is 2.28. The zero-order chi connectivity index (χ0) is 16.2. The Morgan fingerprint density at radius 1 is 1.57 bits per heavy atom. The highest BCUT2D eigenvalue weighted by atomic mass is 32.2. The van der Waals surface area contributed by atoms with Crippen molar-refractivity contribution in [1.29, 1.82) is 0 Å². The van der Waals surface area contributed by atoms with E-state index in [-0.39, 0.29) is 17.0 Å². The zero-order valence-corrected chi connectivity index (χ0v) is 11.8. The van der Waals surface area contributed by atoms with Crippen molar-refractivity contribution < 1.29 is 23.2 Å². The largest absolute Gasteiger partial charge is 0.480 e. The molecule has 1 rings (SSSR count). The summed E-state index contributed by atoms with van der Waals surface area (Å²) in [5.41, 5.74) is -0.656. The van der Waals surface area contributed by atoms with Crippen LogP contribution in [0.15, 0.2) is 23.1 Å². The third-order valence-corrected chi connectivity index (χ3v) is 3.65. The Morgan fingerprint density at radius 2 is 2.19 bits per heavy atom. The van der Waals surface area contributed by atoms with Gasteiger partial charge in [0.25, 0.3) is 5.69 Å². The maximum Gasteiger partial charge on any atom is 0.327 e. The van der Waals surface area contributed by atoms with Crippen molar-refractivity contribution in [2.24, 2.45) is 0 Å². The van der Waals surface area contributed by atoms with Gasteiger partial charge in [-0.25, -0.2) is 13.2 Å². The SMILES string of the molecule is C#CCC(Nc1ccc(S(C)(=O)=O)cc1[N+](=O)[O-])C(=O)O. The summed E-state index contributed by atoms with van der Waals surface area (Å²) in [5, 5.41) is 22.4. The number of hydrogen-bond donors (Lipinski definition) is 2. The molecule has 112 valence electrons. The van der Waals surface area contributed by atoms with Crippen LogP contribution in [0.1, 0.15) is 6.42 Å². The van der Waals surface area contributed by atoms with Crippen LogP contribution in [0.4, 0.5) is 11.4 Å². The molecule has 9 heteroatoms. The second-order valence-corrected chi connectivity index (χ2v) is 6.17. The van der Waals surface area contributed by atoms with E-state index in [2.05, 4.69) is 11.2 Å². The van der Waals surface area contributed by atoms with Gasteiger partial charge in [0, 0.05) is 18.7 Å². The average Bonchev–Trinajstić information content (AvgIpc) is 2.36. The number of rotatable bonds is 6. The number of carboxylic acids is 1. The van der Waals surface area contributed by atoms with E-state index in [1.165, 1.54) is 0 Å². The molecule has 0 radical (unpaired) electrons. The monoisotopic (exact) mass is 312 g/mol. The number of benzene rings is 1. The van der Waals surface area contributed by atoms with Crippen molar-refractivity contribution >= 4 is 27.2 Å². The Morgan fingerprint density at radius 3 is 2.62 bits per heavy atom. The van der Waals surface area contributed by atoms with E-state index in [1.54, 1.807) is 0 Å². The Balaban J connectivity index is 3.28. The van der Waals surface area contributed by atoms with E-state index in [0.29, 0.717) is 0 Å². The summed E-state index contributed by atoms with van der Waals surface area (Å²) in [6, 6.07) is 1.95. The van der Waals surface area contributed by atoms with Gasteiger partial charge in [-0.15, -0.1) is 12.3 Å². The molecule has 0 aliphatic rings. The van der Waals surface area contributed by atoms with E-state index < -0.39 is 32.5 Å². The van der Waals surface area contributed by atoms with Gasteiger partial charge in [-0.05, 0) is 12.1 Å². The number of hydrogen-bond acceptors (Lipinski definition) is 6. The summed E-state index contributed by atoms with van der Waals surface area (Å²) in [7, 11) is -3.61. The van der Waals surface area contributed by atoms with Gasteiger partial charge in [-0.2, -0.15) is 0 Å². The number of nitrogens with zero attached hydrogens (tertiary/aromatic N) is 1. The predicted octanol–water partition coefficient (Wildman–Crippen LogP) is 0.887. The smallest absolute Gasteiger partial charge is 0.327 e. The second kappa shape index (κ2) is 6.23. The quantitative estimate of drug-likeness (QED) is 0.453. The molecule has 0 saturated carbocycles. The van der Waals surface area contributed by atoms with Crippen LogP contribution in [0.3, 0.4) is 0 Å². The van der Waals surface area contributed by atoms with Gasteiger partial charge in [0.05, 0.1) is 9.82 Å². The van der Waals surface area contributed by atoms with Gasteiger partial charge in [0.1, 0.15) is 11.7 Å². The van der Waals surface area contributed by atoms with Crippen LogP contribution in [0.25, 0.3) is 0 Å². The van der Waals surface area contributed by atoms with Crippen molar-refractivity contribution in [3.05, 3.63) is 28.3 Å². The Hall–Kier alpha value is -2.60. The van der Waals surface area contributed by atoms with Gasteiger partial charge in [-0.3, -0.25) is 10.1 Å². The first-order valence-electron chi connectivity index (χ1n) is 5.58. The number of nitrogens with one attached hydrogen (secondary N) is 1. The molecule has 1 atom stereocenters.